The van der Waals surface area contributed by atoms with E-state index in [1.54, 1.807) is 6.07 Å². The molecule has 0 saturated heterocycles. The van der Waals surface area contributed by atoms with E-state index in [-0.39, 0.29) is 11.6 Å². The van der Waals surface area contributed by atoms with Crippen molar-refractivity contribution < 1.29 is 13.9 Å². The lowest BCUT2D eigenvalue weighted by molar-refractivity contribution is -0.108. The van der Waals surface area contributed by atoms with Crippen LogP contribution in [0.4, 0.5) is 4.39 Å². The molecule has 0 unspecified atom stereocenters. The van der Waals surface area contributed by atoms with Gasteiger partial charge in [-0.05, 0) is 24.7 Å². The van der Waals surface area contributed by atoms with Crippen LogP contribution in [-0.4, -0.2) is 31.9 Å². The number of hydrogen-bond acceptors (Lipinski definition) is 3. The largest absolute Gasteiger partial charge is 0.494 e. The minimum Gasteiger partial charge on any atom is -0.494 e. The molecule has 0 aliphatic carbocycles. The molecule has 1 aromatic rings. The molecule has 0 N–H and O–H groups in total. The van der Waals surface area contributed by atoms with Gasteiger partial charge in [0.2, 0.25) is 0 Å². The van der Waals surface area contributed by atoms with Gasteiger partial charge in [0.1, 0.15) is 6.29 Å². The summed E-state index contributed by atoms with van der Waals surface area (Å²) in [4.78, 5) is 12.2. The summed E-state index contributed by atoms with van der Waals surface area (Å²) in [6.45, 7) is 1.30. The Morgan fingerprint density at radius 3 is 2.81 bits per heavy atom. The number of carbonyl (C=O) groups is 1. The van der Waals surface area contributed by atoms with Gasteiger partial charge in [-0.15, -0.1) is 0 Å². The van der Waals surface area contributed by atoms with Crippen LogP contribution in [0.5, 0.6) is 5.75 Å². The van der Waals surface area contributed by atoms with Crippen molar-refractivity contribution in [2.24, 2.45) is 0 Å². The fourth-order valence-corrected chi connectivity index (χ4v) is 1.47. The SMILES string of the molecule is COc1ccc(CN(C)CCC=O)cc1F. The lowest BCUT2D eigenvalue weighted by atomic mass is 10.2. The van der Waals surface area contributed by atoms with Crippen LogP contribution in [0.25, 0.3) is 0 Å². The molecule has 0 saturated carbocycles. The van der Waals surface area contributed by atoms with Crippen LogP contribution >= 0.6 is 0 Å². The molecule has 4 heteroatoms. The second-order valence-electron chi connectivity index (χ2n) is 3.66. The summed E-state index contributed by atoms with van der Waals surface area (Å²) in [5, 5.41) is 0. The Labute approximate surface area is 94.8 Å². The van der Waals surface area contributed by atoms with Crippen LogP contribution in [-0.2, 0) is 11.3 Å². The molecule has 0 amide bonds. The van der Waals surface area contributed by atoms with Crippen molar-refractivity contribution >= 4 is 6.29 Å². The highest BCUT2D eigenvalue weighted by Gasteiger charge is 2.05. The molecule has 0 radical (unpaired) electrons. The first-order valence-electron chi connectivity index (χ1n) is 5.12. The van der Waals surface area contributed by atoms with Gasteiger partial charge < -0.3 is 14.4 Å². The zero-order valence-corrected chi connectivity index (χ0v) is 9.57. The molecule has 0 aliphatic heterocycles. The molecule has 0 aromatic heterocycles. The van der Waals surface area contributed by atoms with E-state index >= 15 is 0 Å². The van der Waals surface area contributed by atoms with Crippen molar-refractivity contribution in [2.45, 2.75) is 13.0 Å². The molecule has 3 nitrogen and oxygen atoms in total. The number of aldehydes is 1. The first kappa shape index (κ1) is 12.6. The molecule has 16 heavy (non-hydrogen) atoms. The van der Waals surface area contributed by atoms with Crippen molar-refractivity contribution in [1.29, 1.82) is 0 Å². The molecule has 88 valence electrons. The van der Waals surface area contributed by atoms with E-state index in [1.807, 2.05) is 18.0 Å². The fraction of sp³-hybridized carbons (Fsp3) is 0.417. The minimum absolute atomic E-state index is 0.249. The summed E-state index contributed by atoms with van der Waals surface area (Å²) in [6.07, 6.45) is 1.38. The maximum atomic E-state index is 13.4. The van der Waals surface area contributed by atoms with E-state index in [0.29, 0.717) is 19.5 Å². The summed E-state index contributed by atoms with van der Waals surface area (Å²) >= 11 is 0. The average molecular weight is 225 g/mol. The van der Waals surface area contributed by atoms with Gasteiger partial charge >= 0.3 is 0 Å². The van der Waals surface area contributed by atoms with Crippen molar-refractivity contribution in [2.75, 3.05) is 20.7 Å². The monoisotopic (exact) mass is 225 g/mol. The molecular formula is C12H16FNO2. The standard InChI is InChI=1S/C12H16FNO2/c1-14(6-3-7-15)9-10-4-5-12(16-2)11(13)8-10/h4-5,7-8H,3,6,9H2,1-2H3. The normalized spacial score (nSPS) is 10.5. The van der Waals surface area contributed by atoms with Crippen molar-refractivity contribution in [1.82, 2.24) is 4.90 Å². The fourth-order valence-electron chi connectivity index (χ4n) is 1.47. The van der Waals surface area contributed by atoms with Crippen molar-refractivity contribution in [3.63, 3.8) is 0 Å². The Balaban J connectivity index is 2.60. The van der Waals surface area contributed by atoms with Gasteiger partial charge in [0.15, 0.2) is 11.6 Å². The van der Waals surface area contributed by atoms with E-state index in [9.17, 15) is 9.18 Å². The Morgan fingerprint density at radius 2 is 2.25 bits per heavy atom. The van der Waals surface area contributed by atoms with Gasteiger partial charge in [-0.25, -0.2) is 4.39 Å². The van der Waals surface area contributed by atoms with E-state index < -0.39 is 0 Å². The van der Waals surface area contributed by atoms with E-state index in [0.717, 1.165) is 11.8 Å². The zero-order valence-electron chi connectivity index (χ0n) is 9.57. The number of carbonyl (C=O) groups excluding carboxylic acids is 1. The maximum Gasteiger partial charge on any atom is 0.165 e. The van der Waals surface area contributed by atoms with Gasteiger partial charge in [-0.2, -0.15) is 0 Å². The molecule has 0 atom stereocenters. The second kappa shape index (κ2) is 6.23. The third-order valence-electron chi connectivity index (χ3n) is 2.30. The number of benzene rings is 1. The highest BCUT2D eigenvalue weighted by atomic mass is 19.1. The van der Waals surface area contributed by atoms with Gasteiger partial charge in [-0.3, -0.25) is 0 Å². The number of methoxy groups -OCH3 is 1. The maximum absolute atomic E-state index is 13.4. The Morgan fingerprint density at radius 1 is 1.50 bits per heavy atom. The number of nitrogens with zero attached hydrogens (tertiary/aromatic N) is 1. The van der Waals surface area contributed by atoms with Crippen LogP contribution in [0.15, 0.2) is 18.2 Å². The van der Waals surface area contributed by atoms with Crippen LogP contribution in [0.1, 0.15) is 12.0 Å². The summed E-state index contributed by atoms with van der Waals surface area (Å²) in [6, 6.07) is 4.88. The second-order valence-corrected chi connectivity index (χ2v) is 3.66. The van der Waals surface area contributed by atoms with Gasteiger partial charge in [0.05, 0.1) is 7.11 Å². The summed E-state index contributed by atoms with van der Waals surface area (Å²) in [7, 11) is 3.33. The van der Waals surface area contributed by atoms with E-state index in [1.165, 1.54) is 13.2 Å². The first-order chi connectivity index (χ1) is 7.67. The number of rotatable bonds is 6. The highest BCUT2D eigenvalue weighted by molar-refractivity contribution is 5.49. The number of hydrogen-bond donors (Lipinski definition) is 0. The molecule has 0 spiro atoms. The quantitative estimate of drug-likeness (QED) is 0.692. The van der Waals surface area contributed by atoms with Gasteiger partial charge in [0.25, 0.3) is 0 Å². The smallest absolute Gasteiger partial charge is 0.165 e. The summed E-state index contributed by atoms with van der Waals surface area (Å²) < 4.78 is 18.2. The molecule has 1 aromatic carbocycles. The summed E-state index contributed by atoms with van der Waals surface area (Å²) in [5.74, 6) is -0.108. The van der Waals surface area contributed by atoms with Crippen LogP contribution in [0.3, 0.4) is 0 Å². The lowest BCUT2D eigenvalue weighted by Gasteiger charge is -2.15. The van der Waals surface area contributed by atoms with Gasteiger partial charge in [0, 0.05) is 19.5 Å². The molecule has 0 heterocycles. The topological polar surface area (TPSA) is 29.5 Å². The molecule has 0 fully saturated rings. The van der Waals surface area contributed by atoms with Crippen LogP contribution in [0, 0.1) is 5.82 Å². The number of halogens is 1. The molecular weight excluding hydrogens is 209 g/mol. The van der Waals surface area contributed by atoms with Crippen molar-refractivity contribution in [3.8, 4) is 5.75 Å². The summed E-state index contributed by atoms with van der Waals surface area (Å²) in [5.41, 5.74) is 0.867. The lowest BCUT2D eigenvalue weighted by Crippen LogP contribution is -2.19. The van der Waals surface area contributed by atoms with E-state index in [4.69, 9.17) is 4.74 Å². The van der Waals surface area contributed by atoms with Crippen LogP contribution < -0.4 is 4.74 Å². The third-order valence-corrected chi connectivity index (χ3v) is 2.30. The third kappa shape index (κ3) is 3.62. The Hall–Kier alpha value is -1.42. The molecule has 0 aliphatic rings. The Bertz CT molecular complexity index is 355. The Kier molecular flexibility index (Phi) is 4.92. The highest BCUT2D eigenvalue weighted by Crippen LogP contribution is 2.18. The van der Waals surface area contributed by atoms with Crippen molar-refractivity contribution in [3.05, 3.63) is 29.6 Å². The zero-order chi connectivity index (χ0) is 12.0. The minimum atomic E-state index is -0.358. The number of ether oxygens (including phenoxy) is 1. The average Bonchev–Trinajstić information content (AvgIpc) is 2.26. The molecule has 1 rings (SSSR count). The van der Waals surface area contributed by atoms with Crippen LogP contribution in [0.2, 0.25) is 0 Å². The molecule has 0 bridgehead atoms. The first-order valence-corrected chi connectivity index (χ1v) is 5.12. The van der Waals surface area contributed by atoms with Gasteiger partial charge in [-0.1, -0.05) is 6.07 Å². The predicted octanol–water partition coefficient (Wildman–Crippen LogP) is 1.86. The predicted molar refractivity (Wildman–Crippen MR) is 60.0 cm³/mol. The van der Waals surface area contributed by atoms with E-state index in [2.05, 4.69) is 0 Å².